The van der Waals surface area contributed by atoms with Gasteiger partial charge < -0.3 is 10.6 Å². The SMILES string of the molecule is O.O=C(O)/C1=C/C=C\C=C/CCCCCCCCCCCCCC1. The van der Waals surface area contributed by atoms with E-state index >= 15 is 0 Å². The Kier molecular flexibility index (Phi) is 15.6. The standard InChI is InChI=1S/C21H34O2.H2O/c22-21(23)20-18-16-14-12-10-8-6-4-2-1-3-5-7-9-11-13-15-17-19-20;/h10,12,14,16,18H,1-9,11,13,15,17,19H2,(H,22,23);1H2/b12-10-,16-14-,20-18+;. The largest absolute Gasteiger partial charge is 0.478 e. The quantitative estimate of drug-likeness (QED) is 0.661. The van der Waals surface area contributed by atoms with Gasteiger partial charge >= 0.3 is 5.97 Å². The van der Waals surface area contributed by atoms with Crippen LogP contribution in [0.25, 0.3) is 0 Å². The molecule has 1 aliphatic carbocycles. The van der Waals surface area contributed by atoms with Gasteiger partial charge in [-0.1, -0.05) is 94.6 Å². The number of hydrogen-bond donors (Lipinski definition) is 1. The fourth-order valence-electron chi connectivity index (χ4n) is 3.02. The van der Waals surface area contributed by atoms with Crippen LogP contribution in [0, 0.1) is 0 Å². The molecular formula is C21H36O3. The van der Waals surface area contributed by atoms with Gasteiger partial charge in [-0.25, -0.2) is 4.79 Å². The Morgan fingerprint density at radius 1 is 0.708 bits per heavy atom. The molecule has 0 aromatic carbocycles. The molecule has 0 atom stereocenters. The topological polar surface area (TPSA) is 68.8 Å². The van der Waals surface area contributed by atoms with Gasteiger partial charge in [-0.15, -0.1) is 0 Å². The van der Waals surface area contributed by atoms with Gasteiger partial charge in [-0.05, 0) is 25.7 Å². The van der Waals surface area contributed by atoms with Gasteiger partial charge in [0.15, 0.2) is 0 Å². The fourth-order valence-corrected chi connectivity index (χ4v) is 3.02. The van der Waals surface area contributed by atoms with Crippen LogP contribution < -0.4 is 0 Å². The van der Waals surface area contributed by atoms with Crippen LogP contribution in [0.1, 0.15) is 89.9 Å². The highest BCUT2D eigenvalue weighted by molar-refractivity contribution is 5.86. The molecule has 3 heteroatoms. The Bertz CT molecular complexity index is 394. The first-order valence-electron chi connectivity index (χ1n) is 9.56. The summed E-state index contributed by atoms with van der Waals surface area (Å²) in [5, 5.41) is 9.23. The van der Waals surface area contributed by atoms with Crippen molar-refractivity contribution < 1.29 is 15.4 Å². The molecule has 0 amide bonds. The molecular weight excluding hydrogens is 300 g/mol. The van der Waals surface area contributed by atoms with Crippen LogP contribution in [0.15, 0.2) is 36.0 Å². The van der Waals surface area contributed by atoms with Crippen LogP contribution >= 0.6 is 0 Å². The number of carbonyl (C=O) groups is 1. The van der Waals surface area contributed by atoms with E-state index in [9.17, 15) is 9.90 Å². The molecule has 0 fully saturated rings. The Hall–Kier alpha value is -1.35. The number of hydrogen-bond acceptors (Lipinski definition) is 1. The molecule has 0 aromatic rings. The number of carboxylic acid groups (broad SMARTS) is 1. The molecule has 138 valence electrons. The van der Waals surface area contributed by atoms with Crippen molar-refractivity contribution >= 4 is 5.97 Å². The molecule has 0 aliphatic heterocycles. The predicted molar refractivity (Wildman–Crippen MR) is 102 cm³/mol. The zero-order chi connectivity index (χ0) is 16.6. The van der Waals surface area contributed by atoms with Crippen molar-refractivity contribution in [1.29, 1.82) is 0 Å². The van der Waals surface area contributed by atoms with Crippen LogP contribution in [0.2, 0.25) is 0 Å². The molecule has 0 bridgehead atoms. The van der Waals surface area contributed by atoms with Gasteiger partial charge in [0.1, 0.15) is 0 Å². The molecule has 0 saturated carbocycles. The van der Waals surface area contributed by atoms with E-state index in [1.54, 1.807) is 6.08 Å². The summed E-state index contributed by atoms with van der Waals surface area (Å²) in [5.41, 5.74) is 0.532. The Labute approximate surface area is 147 Å². The van der Waals surface area contributed by atoms with Crippen molar-refractivity contribution in [2.75, 3.05) is 0 Å². The summed E-state index contributed by atoms with van der Waals surface area (Å²) >= 11 is 0. The number of allylic oxidation sites excluding steroid dienone is 5. The lowest BCUT2D eigenvalue weighted by Crippen LogP contribution is -2.00. The molecule has 0 aromatic heterocycles. The minimum Gasteiger partial charge on any atom is -0.478 e. The van der Waals surface area contributed by atoms with Crippen molar-refractivity contribution in [3.63, 3.8) is 0 Å². The van der Waals surface area contributed by atoms with Gasteiger partial charge in [0, 0.05) is 5.57 Å². The van der Waals surface area contributed by atoms with E-state index in [2.05, 4.69) is 6.08 Å². The predicted octanol–water partition coefficient (Wildman–Crippen LogP) is 5.76. The Morgan fingerprint density at radius 3 is 1.75 bits per heavy atom. The first-order valence-corrected chi connectivity index (χ1v) is 9.56. The molecule has 0 unspecified atom stereocenters. The molecule has 0 radical (unpaired) electrons. The highest BCUT2D eigenvalue weighted by Gasteiger charge is 2.05. The summed E-state index contributed by atoms with van der Waals surface area (Å²) < 4.78 is 0. The molecule has 0 saturated heterocycles. The zero-order valence-electron chi connectivity index (χ0n) is 15.1. The van der Waals surface area contributed by atoms with Crippen molar-refractivity contribution in [2.24, 2.45) is 0 Å². The molecule has 0 heterocycles. The highest BCUT2D eigenvalue weighted by Crippen LogP contribution is 2.15. The Morgan fingerprint density at radius 2 is 1.21 bits per heavy atom. The third kappa shape index (κ3) is 13.1. The summed E-state index contributed by atoms with van der Waals surface area (Å²) in [6, 6.07) is 0. The van der Waals surface area contributed by atoms with Gasteiger partial charge in [0.25, 0.3) is 0 Å². The molecule has 3 N–H and O–H groups in total. The number of aliphatic carboxylic acids is 1. The molecule has 3 nitrogen and oxygen atoms in total. The van der Waals surface area contributed by atoms with E-state index in [0.717, 1.165) is 19.3 Å². The molecule has 0 spiro atoms. The molecule has 1 aliphatic rings. The molecule has 24 heavy (non-hydrogen) atoms. The lowest BCUT2D eigenvalue weighted by molar-refractivity contribution is -0.132. The van der Waals surface area contributed by atoms with E-state index in [0.29, 0.717) is 12.0 Å². The minimum atomic E-state index is -0.777. The average molecular weight is 337 g/mol. The second kappa shape index (κ2) is 16.5. The van der Waals surface area contributed by atoms with E-state index in [1.165, 1.54) is 64.2 Å². The monoisotopic (exact) mass is 336 g/mol. The minimum absolute atomic E-state index is 0. The van der Waals surface area contributed by atoms with Crippen molar-refractivity contribution in [2.45, 2.75) is 89.9 Å². The third-order valence-electron chi connectivity index (χ3n) is 4.50. The normalized spacial score (nSPS) is 24.6. The van der Waals surface area contributed by atoms with Crippen LogP contribution in [-0.4, -0.2) is 16.6 Å². The average Bonchev–Trinajstić information content (AvgIpc) is 2.53. The maximum atomic E-state index is 11.2. The summed E-state index contributed by atoms with van der Waals surface area (Å²) in [6.45, 7) is 0. The van der Waals surface area contributed by atoms with Crippen molar-refractivity contribution in [3.05, 3.63) is 36.0 Å². The maximum absolute atomic E-state index is 11.2. The zero-order valence-corrected chi connectivity index (χ0v) is 15.1. The fraction of sp³-hybridized carbons (Fsp3) is 0.667. The van der Waals surface area contributed by atoms with E-state index in [-0.39, 0.29) is 5.48 Å². The maximum Gasteiger partial charge on any atom is 0.331 e. The van der Waals surface area contributed by atoms with Gasteiger partial charge in [-0.3, -0.25) is 0 Å². The van der Waals surface area contributed by atoms with Gasteiger partial charge in [-0.2, -0.15) is 0 Å². The van der Waals surface area contributed by atoms with Crippen molar-refractivity contribution in [3.8, 4) is 0 Å². The lowest BCUT2D eigenvalue weighted by atomic mass is 10.0. The van der Waals surface area contributed by atoms with Crippen molar-refractivity contribution in [1.82, 2.24) is 0 Å². The number of rotatable bonds is 1. The lowest BCUT2D eigenvalue weighted by Gasteiger charge is -2.04. The third-order valence-corrected chi connectivity index (χ3v) is 4.50. The van der Waals surface area contributed by atoms with Crippen LogP contribution in [-0.2, 0) is 4.79 Å². The van der Waals surface area contributed by atoms with Crippen LogP contribution in [0.5, 0.6) is 0 Å². The highest BCUT2D eigenvalue weighted by atomic mass is 16.4. The van der Waals surface area contributed by atoms with Gasteiger partial charge in [0.2, 0.25) is 0 Å². The summed E-state index contributed by atoms with van der Waals surface area (Å²) in [5.74, 6) is -0.777. The van der Waals surface area contributed by atoms with E-state index in [4.69, 9.17) is 0 Å². The van der Waals surface area contributed by atoms with E-state index in [1.807, 2.05) is 18.2 Å². The second-order valence-corrected chi connectivity index (χ2v) is 6.59. The number of carboxylic acids is 1. The van der Waals surface area contributed by atoms with Crippen LogP contribution in [0.3, 0.4) is 0 Å². The molecule has 1 rings (SSSR count). The smallest absolute Gasteiger partial charge is 0.331 e. The van der Waals surface area contributed by atoms with E-state index < -0.39 is 5.97 Å². The van der Waals surface area contributed by atoms with Crippen LogP contribution in [0.4, 0.5) is 0 Å². The second-order valence-electron chi connectivity index (χ2n) is 6.59. The van der Waals surface area contributed by atoms with Gasteiger partial charge in [0.05, 0.1) is 0 Å². The first-order chi connectivity index (χ1) is 11.3. The summed E-state index contributed by atoms with van der Waals surface area (Å²) in [4.78, 5) is 11.2. The summed E-state index contributed by atoms with van der Waals surface area (Å²) in [7, 11) is 0. The Balaban J connectivity index is 0.00000529. The summed E-state index contributed by atoms with van der Waals surface area (Å²) in [6.07, 6.45) is 27.1. The first kappa shape index (κ1) is 22.6.